The first-order valence-electron chi connectivity index (χ1n) is 13.3. The topological polar surface area (TPSA) is 81.1 Å². The van der Waals surface area contributed by atoms with E-state index in [-0.39, 0.29) is 5.91 Å². The van der Waals surface area contributed by atoms with Crippen LogP contribution in [0.15, 0.2) is 83.2 Å². The van der Waals surface area contributed by atoms with Gasteiger partial charge in [-0.2, -0.15) is 4.98 Å². The zero-order chi connectivity index (χ0) is 28.2. The van der Waals surface area contributed by atoms with Crippen LogP contribution in [0.25, 0.3) is 0 Å². The molecule has 0 fully saturated rings. The molecule has 0 radical (unpaired) electrons. The van der Waals surface area contributed by atoms with Gasteiger partial charge in [0.25, 0.3) is 5.91 Å². The molecule has 1 amide bonds. The predicted octanol–water partition coefficient (Wildman–Crippen LogP) is 7.56. The van der Waals surface area contributed by atoms with E-state index in [1.54, 1.807) is 11.8 Å². The summed E-state index contributed by atoms with van der Waals surface area (Å²) in [5.74, 6) is 2.06. The number of halogens is 1. The molecule has 0 aliphatic carbocycles. The summed E-state index contributed by atoms with van der Waals surface area (Å²) >= 11 is 7.71. The average Bonchev–Trinajstić information content (AvgIpc) is 3.34. The van der Waals surface area contributed by atoms with Gasteiger partial charge in [-0.15, -0.1) is 5.10 Å². The van der Waals surface area contributed by atoms with Crippen molar-refractivity contribution in [1.29, 1.82) is 0 Å². The van der Waals surface area contributed by atoms with Crippen LogP contribution in [0.2, 0.25) is 5.02 Å². The van der Waals surface area contributed by atoms with Crippen LogP contribution in [0.3, 0.4) is 0 Å². The van der Waals surface area contributed by atoms with E-state index >= 15 is 0 Å². The Bertz CT molecular complexity index is 1560. The van der Waals surface area contributed by atoms with Gasteiger partial charge < -0.3 is 15.4 Å². The van der Waals surface area contributed by atoms with Crippen molar-refractivity contribution in [3.63, 3.8) is 0 Å². The van der Waals surface area contributed by atoms with Crippen LogP contribution in [0.4, 0.5) is 11.6 Å². The summed E-state index contributed by atoms with van der Waals surface area (Å²) in [4.78, 5) is 18.5. The van der Waals surface area contributed by atoms with Gasteiger partial charge in [0.15, 0.2) is 0 Å². The summed E-state index contributed by atoms with van der Waals surface area (Å²) in [6.07, 6.45) is 1.02. The quantitative estimate of drug-likeness (QED) is 0.201. The summed E-state index contributed by atoms with van der Waals surface area (Å²) in [6.45, 7) is 8.47. The van der Waals surface area contributed by atoms with Gasteiger partial charge in [-0.1, -0.05) is 72.2 Å². The second-order valence-corrected chi connectivity index (χ2v) is 11.3. The minimum atomic E-state index is -0.465. The number of hydrogen-bond acceptors (Lipinski definition) is 6. The van der Waals surface area contributed by atoms with Crippen molar-refractivity contribution in [2.24, 2.45) is 0 Å². The zero-order valence-electron chi connectivity index (χ0n) is 23.0. The maximum Gasteiger partial charge on any atom is 0.255 e. The number of carbonyl (C=O) groups is 1. The third kappa shape index (κ3) is 6.18. The molecule has 7 nitrogen and oxygen atoms in total. The Morgan fingerprint density at radius 2 is 1.90 bits per heavy atom. The van der Waals surface area contributed by atoms with Gasteiger partial charge in [0.05, 0.1) is 5.57 Å². The minimum absolute atomic E-state index is 0.188. The number of nitrogens with zero attached hydrogens (tertiary/aromatic N) is 3. The fraction of sp³-hybridized carbons (Fsp3) is 0.258. The number of nitrogens with one attached hydrogen (secondary N) is 2. The SMILES string of the molecule is CCCSc1nc2n(n1)C(c1ccc(OCc3cccc(Cl)c3)cc1)C(C(=O)Nc1ccc(C)cc1C)=C(C)N2. The van der Waals surface area contributed by atoms with E-state index in [9.17, 15) is 4.79 Å². The highest BCUT2D eigenvalue weighted by atomic mass is 35.5. The number of ether oxygens (including phenoxy) is 1. The van der Waals surface area contributed by atoms with Crippen LogP contribution >= 0.6 is 23.4 Å². The fourth-order valence-corrected chi connectivity index (χ4v) is 5.57. The first kappa shape index (κ1) is 27.8. The number of hydrogen-bond donors (Lipinski definition) is 2. The molecule has 206 valence electrons. The molecule has 9 heteroatoms. The molecule has 1 aliphatic rings. The van der Waals surface area contributed by atoms with Crippen LogP contribution in [-0.2, 0) is 11.4 Å². The van der Waals surface area contributed by atoms with Crippen molar-refractivity contribution in [3.05, 3.63) is 105 Å². The molecule has 5 rings (SSSR count). The maximum absolute atomic E-state index is 13.8. The van der Waals surface area contributed by atoms with Gasteiger partial charge in [-0.05, 0) is 74.2 Å². The third-order valence-electron chi connectivity index (χ3n) is 6.63. The van der Waals surface area contributed by atoms with E-state index in [1.165, 1.54) is 0 Å². The number of anilines is 2. The first-order valence-corrected chi connectivity index (χ1v) is 14.6. The summed E-state index contributed by atoms with van der Waals surface area (Å²) < 4.78 is 7.81. The lowest BCUT2D eigenvalue weighted by Gasteiger charge is -2.29. The summed E-state index contributed by atoms with van der Waals surface area (Å²) in [6, 6.07) is 20.9. The molecule has 1 atom stereocenters. The Labute approximate surface area is 244 Å². The molecule has 40 heavy (non-hydrogen) atoms. The minimum Gasteiger partial charge on any atom is -0.489 e. The molecule has 0 saturated heterocycles. The Morgan fingerprint density at radius 1 is 1.10 bits per heavy atom. The Kier molecular flexibility index (Phi) is 8.47. The molecule has 4 aromatic rings. The monoisotopic (exact) mass is 573 g/mol. The highest BCUT2D eigenvalue weighted by molar-refractivity contribution is 7.99. The van der Waals surface area contributed by atoms with Crippen LogP contribution in [0, 0.1) is 13.8 Å². The standard InChI is InChI=1S/C31H32ClN5O2S/c1-5-15-40-31-35-30-33-21(4)27(29(38)34-26-14-9-19(2)16-20(26)3)28(37(30)36-31)23-10-12-25(13-11-23)39-18-22-7-6-8-24(32)17-22/h6-14,16-17,28H,5,15,18H2,1-4H3,(H,34,38)(H,33,35,36). The van der Waals surface area contributed by atoms with E-state index < -0.39 is 6.04 Å². The Morgan fingerprint density at radius 3 is 2.62 bits per heavy atom. The molecule has 0 bridgehead atoms. The van der Waals surface area contributed by atoms with E-state index in [2.05, 4.69) is 23.6 Å². The van der Waals surface area contributed by atoms with Crippen molar-refractivity contribution >= 4 is 40.9 Å². The van der Waals surface area contributed by atoms with Gasteiger partial charge in [-0.3, -0.25) is 4.79 Å². The number of rotatable bonds is 9. The molecular formula is C31H32ClN5O2S. The van der Waals surface area contributed by atoms with E-state index in [1.807, 2.05) is 86.1 Å². The van der Waals surface area contributed by atoms with Gasteiger partial charge in [0, 0.05) is 22.2 Å². The van der Waals surface area contributed by atoms with Gasteiger partial charge >= 0.3 is 0 Å². The Hall–Kier alpha value is -3.75. The van der Waals surface area contributed by atoms with Crippen LogP contribution in [0.5, 0.6) is 5.75 Å². The second-order valence-electron chi connectivity index (χ2n) is 9.84. The molecular weight excluding hydrogens is 542 g/mol. The van der Waals surface area contributed by atoms with Gasteiger partial charge in [0.2, 0.25) is 11.1 Å². The number of carbonyl (C=O) groups excluding carboxylic acids is 1. The lowest BCUT2D eigenvalue weighted by molar-refractivity contribution is -0.113. The molecule has 1 aliphatic heterocycles. The number of fused-ring (bicyclic) bond motifs is 1. The number of aromatic nitrogens is 3. The third-order valence-corrected chi connectivity index (χ3v) is 7.91. The lowest BCUT2D eigenvalue weighted by Crippen LogP contribution is -2.31. The maximum atomic E-state index is 13.8. The van der Waals surface area contributed by atoms with Crippen LogP contribution in [0.1, 0.15) is 48.6 Å². The number of allylic oxidation sites excluding steroid dienone is 1. The normalized spacial score (nSPS) is 14.5. The number of benzene rings is 3. The number of amides is 1. The number of thioether (sulfide) groups is 1. The van der Waals surface area contributed by atoms with Crippen molar-refractivity contribution < 1.29 is 9.53 Å². The smallest absolute Gasteiger partial charge is 0.255 e. The average molecular weight is 574 g/mol. The second kappa shape index (κ2) is 12.2. The molecule has 1 aromatic heterocycles. The summed E-state index contributed by atoms with van der Waals surface area (Å²) in [5, 5.41) is 12.6. The fourth-order valence-electron chi connectivity index (χ4n) is 4.67. The molecule has 0 spiro atoms. The highest BCUT2D eigenvalue weighted by Crippen LogP contribution is 2.37. The zero-order valence-corrected chi connectivity index (χ0v) is 24.6. The molecule has 2 heterocycles. The lowest BCUT2D eigenvalue weighted by atomic mass is 9.94. The predicted molar refractivity (Wildman–Crippen MR) is 162 cm³/mol. The summed E-state index contributed by atoms with van der Waals surface area (Å²) in [7, 11) is 0. The van der Waals surface area contributed by atoms with Crippen LogP contribution < -0.4 is 15.4 Å². The number of aryl methyl sites for hydroxylation is 2. The van der Waals surface area contributed by atoms with Crippen molar-refractivity contribution in [3.8, 4) is 5.75 Å². The van der Waals surface area contributed by atoms with Gasteiger partial charge in [-0.25, -0.2) is 4.68 Å². The molecule has 0 saturated carbocycles. The van der Waals surface area contributed by atoms with E-state index in [0.717, 1.165) is 51.6 Å². The van der Waals surface area contributed by atoms with Gasteiger partial charge in [0.1, 0.15) is 18.4 Å². The highest BCUT2D eigenvalue weighted by Gasteiger charge is 2.34. The Balaban J connectivity index is 1.46. The first-order chi connectivity index (χ1) is 19.3. The molecule has 1 unspecified atom stereocenters. The van der Waals surface area contributed by atoms with E-state index in [4.69, 9.17) is 26.4 Å². The van der Waals surface area contributed by atoms with E-state index in [0.29, 0.717) is 28.3 Å². The molecule has 3 aromatic carbocycles. The van der Waals surface area contributed by atoms with Crippen molar-refractivity contribution in [2.75, 3.05) is 16.4 Å². The van der Waals surface area contributed by atoms with Crippen molar-refractivity contribution in [1.82, 2.24) is 14.8 Å². The molecule has 2 N–H and O–H groups in total. The summed E-state index contributed by atoms with van der Waals surface area (Å²) in [5.41, 5.74) is 6.14. The van der Waals surface area contributed by atoms with Crippen molar-refractivity contribution in [2.45, 2.75) is 51.9 Å². The largest absolute Gasteiger partial charge is 0.489 e. The van der Waals surface area contributed by atoms with Crippen LogP contribution in [-0.4, -0.2) is 26.4 Å².